The number of ether oxygens (including phenoxy) is 1. The van der Waals surface area contributed by atoms with E-state index in [-0.39, 0.29) is 18.8 Å². The van der Waals surface area contributed by atoms with Crippen LogP contribution >= 0.6 is 0 Å². The van der Waals surface area contributed by atoms with Gasteiger partial charge in [0.1, 0.15) is 5.82 Å². The van der Waals surface area contributed by atoms with Crippen molar-refractivity contribution < 1.29 is 17.9 Å². The van der Waals surface area contributed by atoms with Crippen LogP contribution in [-0.4, -0.2) is 43.3 Å². The predicted molar refractivity (Wildman–Crippen MR) is 69.9 cm³/mol. The summed E-state index contributed by atoms with van der Waals surface area (Å²) in [6, 6.07) is 0. The van der Waals surface area contributed by atoms with Crippen LogP contribution in [0.25, 0.3) is 0 Å². The van der Waals surface area contributed by atoms with Gasteiger partial charge in [0.25, 0.3) is 0 Å². The number of aryl methyl sites for hydroxylation is 1. The van der Waals surface area contributed by atoms with Gasteiger partial charge in [0.15, 0.2) is 0 Å². The van der Waals surface area contributed by atoms with Crippen molar-refractivity contribution in [1.82, 2.24) is 14.7 Å². The Kier molecular flexibility index (Phi) is 6.51. The molecule has 0 fully saturated rings. The SMILES string of the molecule is CCOC(=O)CCS(=O)(=O)NCCCc1ncc[nH]1. The van der Waals surface area contributed by atoms with Gasteiger partial charge in [-0.25, -0.2) is 18.1 Å². The Morgan fingerprint density at radius 3 is 2.95 bits per heavy atom. The van der Waals surface area contributed by atoms with Gasteiger partial charge in [-0.1, -0.05) is 0 Å². The molecule has 0 atom stereocenters. The Bertz CT molecular complexity index is 470. The molecule has 0 unspecified atom stereocenters. The number of nitrogens with zero attached hydrogens (tertiary/aromatic N) is 1. The van der Waals surface area contributed by atoms with Crippen molar-refractivity contribution in [1.29, 1.82) is 0 Å². The fourth-order valence-corrected chi connectivity index (χ4v) is 2.48. The lowest BCUT2D eigenvalue weighted by atomic mass is 10.3. The molecule has 1 aromatic rings. The molecule has 1 heterocycles. The van der Waals surface area contributed by atoms with Crippen LogP contribution in [0.2, 0.25) is 0 Å². The number of aromatic amines is 1. The highest BCUT2D eigenvalue weighted by Crippen LogP contribution is 1.96. The number of hydrogen-bond acceptors (Lipinski definition) is 5. The Morgan fingerprint density at radius 1 is 1.53 bits per heavy atom. The first-order chi connectivity index (χ1) is 9.03. The fraction of sp³-hybridized carbons (Fsp3) is 0.636. The van der Waals surface area contributed by atoms with E-state index in [1.165, 1.54) is 0 Å². The lowest BCUT2D eigenvalue weighted by molar-refractivity contribution is -0.142. The van der Waals surface area contributed by atoms with E-state index >= 15 is 0 Å². The molecule has 0 aliphatic heterocycles. The van der Waals surface area contributed by atoms with E-state index in [9.17, 15) is 13.2 Å². The number of carbonyl (C=O) groups is 1. The monoisotopic (exact) mass is 289 g/mol. The summed E-state index contributed by atoms with van der Waals surface area (Å²) in [7, 11) is -3.42. The molecule has 1 aromatic heterocycles. The van der Waals surface area contributed by atoms with Gasteiger partial charge in [0.2, 0.25) is 10.0 Å². The van der Waals surface area contributed by atoms with Gasteiger partial charge in [0.05, 0.1) is 18.8 Å². The summed E-state index contributed by atoms with van der Waals surface area (Å²) in [5.74, 6) is 0.0845. The minimum Gasteiger partial charge on any atom is -0.466 e. The molecule has 0 radical (unpaired) electrons. The topological polar surface area (TPSA) is 101 Å². The summed E-state index contributed by atoms with van der Waals surface area (Å²) in [4.78, 5) is 18.0. The van der Waals surface area contributed by atoms with E-state index in [1.807, 2.05) is 0 Å². The average molecular weight is 289 g/mol. The van der Waals surface area contributed by atoms with Crippen LogP contribution in [0, 0.1) is 0 Å². The average Bonchev–Trinajstić information content (AvgIpc) is 2.86. The Morgan fingerprint density at radius 2 is 2.32 bits per heavy atom. The molecule has 0 aliphatic carbocycles. The summed E-state index contributed by atoms with van der Waals surface area (Å²) < 4.78 is 30.2. The van der Waals surface area contributed by atoms with E-state index in [1.54, 1.807) is 19.3 Å². The molecule has 2 N–H and O–H groups in total. The summed E-state index contributed by atoms with van der Waals surface area (Å²) in [6.45, 7) is 2.26. The van der Waals surface area contributed by atoms with Crippen molar-refractivity contribution in [2.45, 2.75) is 26.2 Å². The number of rotatable bonds is 9. The van der Waals surface area contributed by atoms with Crippen molar-refractivity contribution >= 4 is 16.0 Å². The highest BCUT2D eigenvalue weighted by atomic mass is 32.2. The Labute approximate surface area is 112 Å². The van der Waals surface area contributed by atoms with Crippen molar-refractivity contribution in [3.8, 4) is 0 Å². The van der Waals surface area contributed by atoms with Crippen molar-refractivity contribution in [2.75, 3.05) is 18.9 Å². The Balaban J connectivity index is 2.17. The highest BCUT2D eigenvalue weighted by Gasteiger charge is 2.13. The second kappa shape index (κ2) is 7.90. The number of hydrogen-bond donors (Lipinski definition) is 2. The van der Waals surface area contributed by atoms with Gasteiger partial charge < -0.3 is 9.72 Å². The van der Waals surface area contributed by atoms with Crippen LogP contribution in [0.15, 0.2) is 12.4 Å². The standard InChI is InChI=1S/C11H19N3O4S/c1-2-18-11(15)5-9-19(16,17)14-6-3-4-10-12-7-8-13-10/h7-8,14H,2-6,9H2,1H3,(H,12,13). The molecule has 0 aromatic carbocycles. The van der Waals surface area contributed by atoms with Crippen LogP contribution in [0.5, 0.6) is 0 Å². The second-order valence-corrected chi connectivity index (χ2v) is 5.83. The van der Waals surface area contributed by atoms with Gasteiger partial charge in [-0.2, -0.15) is 0 Å². The van der Waals surface area contributed by atoms with Gasteiger partial charge in [-0.05, 0) is 13.3 Å². The predicted octanol–water partition coefficient (Wildman–Crippen LogP) is 0.215. The molecule has 0 aliphatic rings. The van der Waals surface area contributed by atoms with E-state index in [2.05, 4.69) is 19.4 Å². The third-order valence-electron chi connectivity index (χ3n) is 2.35. The van der Waals surface area contributed by atoms with Gasteiger partial charge in [-0.3, -0.25) is 4.79 Å². The first kappa shape index (κ1) is 15.6. The molecule has 0 saturated heterocycles. The van der Waals surface area contributed by atoms with Crippen molar-refractivity contribution in [3.05, 3.63) is 18.2 Å². The zero-order chi connectivity index (χ0) is 14.1. The molecule has 1 rings (SSSR count). The maximum atomic E-state index is 11.6. The van der Waals surface area contributed by atoms with Gasteiger partial charge >= 0.3 is 5.97 Å². The zero-order valence-corrected chi connectivity index (χ0v) is 11.7. The van der Waals surface area contributed by atoms with E-state index in [4.69, 9.17) is 0 Å². The fourth-order valence-electron chi connectivity index (χ4n) is 1.44. The molecule has 0 saturated carbocycles. The summed E-state index contributed by atoms with van der Waals surface area (Å²) in [6.07, 6.45) is 4.57. The third kappa shape index (κ3) is 6.92. The number of aromatic nitrogens is 2. The number of H-pyrrole nitrogens is 1. The van der Waals surface area contributed by atoms with Gasteiger partial charge in [-0.15, -0.1) is 0 Å². The maximum absolute atomic E-state index is 11.6. The number of esters is 1. The number of sulfonamides is 1. The van der Waals surface area contributed by atoms with Crippen LogP contribution in [0.1, 0.15) is 25.6 Å². The lowest BCUT2D eigenvalue weighted by Gasteiger charge is -2.06. The van der Waals surface area contributed by atoms with E-state index in [0.717, 1.165) is 5.82 Å². The van der Waals surface area contributed by atoms with E-state index in [0.29, 0.717) is 19.4 Å². The van der Waals surface area contributed by atoms with Crippen LogP contribution in [0.3, 0.4) is 0 Å². The summed E-state index contributed by atoms with van der Waals surface area (Å²) in [5.41, 5.74) is 0. The highest BCUT2D eigenvalue weighted by molar-refractivity contribution is 7.89. The number of carbonyl (C=O) groups excluding carboxylic acids is 1. The van der Waals surface area contributed by atoms with Gasteiger partial charge in [0, 0.05) is 25.4 Å². The molecule has 19 heavy (non-hydrogen) atoms. The molecular formula is C11H19N3O4S. The molecule has 0 bridgehead atoms. The molecular weight excluding hydrogens is 270 g/mol. The Hall–Kier alpha value is -1.41. The molecule has 8 heteroatoms. The molecule has 0 spiro atoms. The molecule has 108 valence electrons. The van der Waals surface area contributed by atoms with Crippen LogP contribution in [-0.2, 0) is 26.0 Å². The first-order valence-corrected chi connectivity index (χ1v) is 7.80. The van der Waals surface area contributed by atoms with Crippen LogP contribution < -0.4 is 4.72 Å². The summed E-state index contributed by atoms with van der Waals surface area (Å²) in [5, 5.41) is 0. The minimum atomic E-state index is -3.42. The quantitative estimate of drug-likeness (QED) is 0.500. The van der Waals surface area contributed by atoms with Crippen molar-refractivity contribution in [3.63, 3.8) is 0 Å². The van der Waals surface area contributed by atoms with Crippen molar-refractivity contribution in [2.24, 2.45) is 0 Å². The lowest BCUT2D eigenvalue weighted by Crippen LogP contribution is -2.29. The van der Waals surface area contributed by atoms with Crippen LogP contribution in [0.4, 0.5) is 0 Å². The molecule has 0 amide bonds. The smallest absolute Gasteiger partial charge is 0.306 e. The normalized spacial score (nSPS) is 11.4. The second-order valence-electron chi connectivity index (χ2n) is 3.91. The minimum absolute atomic E-state index is 0.124. The van der Waals surface area contributed by atoms with E-state index < -0.39 is 16.0 Å². The zero-order valence-electron chi connectivity index (χ0n) is 10.9. The number of nitrogens with one attached hydrogen (secondary N) is 2. The summed E-state index contributed by atoms with van der Waals surface area (Å²) >= 11 is 0. The largest absolute Gasteiger partial charge is 0.466 e. The third-order valence-corrected chi connectivity index (χ3v) is 3.73. The molecule has 7 nitrogen and oxygen atoms in total. The number of imidazole rings is 1. The first-order valence-electron chi connectivity index (χ1n) is 6.14. The maximum Gasteiger partial charge on any atom is 0.306 e.